The van der Waals surface area contributed by atoms with Crippen LogP contribution >= 0.6 is 0 Å². The van der Waals surface area contributed by atoms with Crippen LogP contribution in [-0.2, 0) is 0 Å². The highest BCUT2D eigenvalue weighted by Crippen LogP contribution is 2.32. The van der Waals surface area contributed by atoms with Gasteiger partial charge >= 0.3 is 0 Å². The van der Waals surface area contributed by atoms with Crippen molar-refractivity contribution in [2.24, 2.45) is 17.8 Å². The van der Waals surface area contributed by atoms with E-state index in [4.69, 9.17) is 0 Å². The molecular formula is C17H34N2. The molecule has 1 aliphatic heterocycles. The Kier molecular flexibility index (Phi) is 5.70. The van der Waals surface area contributed by atoms with Gasteiger partial charge in [-0.25, -0.2) is 0 Å². The SMILES string of the molecule is CC(C)CN(CC1CCCN1)C1CC(C)CCC1C. The molecule has 2 fully saturated rings. The molecule has 2 aliphatic rings. The van der Waals surface area contributed by atoms with Crippen LogP contribution in [0.15, 0.2) is 0 Å². The lowest BCUT2D eigenvalue weighted by Crippen LogP contribution is -2.49. The van der Waals surface area contributed by atoms with Gasteiger partial charge in [0, 0.05) is 25.2 Å². The Morgan fingerprint density at radius 1 is 1.16 bits per heavy atom. The summed E-state index contributed by atoms with van der Waals surface area (Å²) in [4.78, 5) is 2.83. The molecule has 0 spiro atoms. The Bertz CT molecular complexity index is 258. The van der Waals surface area contributed by atoms with Gasteiger partial charge in [-0.05, 0) is 50.0 Å². The number of rotatable bonds is 5. The number of nitrogens with zero attached hydrogens (tertiary/aromatic N) is 1. The monoisotopic (exact) mass is 266 g/mol. The van der Waals surface area contributed by atoms with E-state index in [1.165, 1.54) is 51.7 Å². The summed E-state index contributed by atoms with van der Waals surface area (Å²) in [7, 11) is 0. The quantitative estimate of drug-likeness (QED) is 0.819. The van der Waals surface area contributed by atoms with E-state index in [1.54, 1.807) is 0 Å². The van der Waals surface area contributed by atoms with E-state index in [2.05, 4.69) is 37.9 Å². The summed E-state index contributed by atoms with van der Waals surface area (Å²) in [6.07, 6.45) is 7.04. The highest BCUT2D eigenvalue weighted by molar-refractivity contribution is 4.87. The molecule has 2 heteroatoms. The highest BCUT2D eigenvalue weighted by atomic mass is 15.2. The molecule has 112 valence electrons. The minimum absolute atomic E-state index is 0.753. The molecule has 0 aromatic carbocycles. The average molecular weight is 266 g/mol. The fourth-order valence-corrected chi connectivity index (χ4v) is 4.02. The van der Waals surface area contributed by atoms with Gasteiger partial charge in [-0.2, -0.15) is 0 Å². The lowest BCUT2D eigenvalue weighted by molar-refractivity contribution is 0.0730. The second-order valence-corrected chi connectivity index (χ2v) is 7.60. The zero-order chi connectivity index (χ0) is 13.8. The maximum absolute atomic E-state index is 3.68. The van der Waals surface area contributed by atoms with Crippen LogP contribution in [-0.4, -0.2) is 36.6 Å². The molecule has 2 rings (SSSR count). The second-order valence-electron chi connectivity index (χ2n) is 7.60. The van der Waals surface area contributed by atoms with Crippen LogP contribution in [0.2, 0.25) is 0 Å². The molecule has 1 aliphatic carbocycles. The van der Waals surface area contributed by atoms with Crippen molar-refractivity contribution in [1.29, 1.82) is 0 Å². The molecule has 19 heavy (non-hydrogen) atoms. The summed E-state index contributed by atoms with van der Waals surface area (Å²) >= 11 is 0. The first kappa shape index (κ1) is 15.3. The molecule has 1 saturated heterocycles. The topological polar surface area (TPSA) is 15.3 Å². The number of nitrogens with one attached hydrogen (secondary N) is 1. The van der Waals surface area contributed by atoms with Crippen LogP contribution in [0.25, 0.3) is 0 Å². The largest absolute Gasteiger partial charge is 0.313 e. The van der Waals surface area contributed by atoms with Gasteiger partial charge in [-0.3, -0.25) is 4.90 Å². The summed E-state index contributed by atoms with van der Waals surface area (Å²) in [5, 5.41) is 3.68. The van der Waals surface area contributed by atoms with E-state index in [-0.39, 0.29) is 0 Å². The highest BCUT2D eigenvalue weighted by Gasteiger charge is 2.32. The zero-order valence-corrected chi connectivity index (χ0v) is 13.5. The van der Waals surface area contributed by atoms with Crippen LogP contribution in [0.4, 0.5) is 0 Å². The van der Waals surface area contributed by atoms with Crippen molar-refractivity contribution < 1.29 is 0 Å². The summed E-state index contributed by atoms with van der Waals surface area (Å²) in [5.74, 6) is 2.59. The van der Waals surface area contributed by atoms with Crippen LogP contribution in [0.5, 0.6) is 0 Å². The van der Waals surface area contributed by atoms with Gasteiger partial charge in [0.1, 0.15) is 0 Å². The molecule has 0 amide bonds. The first-order valence-electron chi connectivity index (χ1n) is 8.53. The third kappa shape index (κ3) is 4.46. The number of hydrogen-bond donors (Lipinski definition) is 1. The molecule has 0 aromatic heterocycles. The van der Waals surface area contributed by atoms with Crippen molar-refractivity contribution in [3.05, 3.63) is 0 Å². The summed E-state index contributed by atoms with van der Waals surface area (Å²) in [6, 6.07) is 1.58. The van der Waals surface area contributed by atoms with Crippen molar-refractivity contribution in [1.82, 2.24) is 10.2 Å². The van der Waals surface area contributed by atoms with Crippen LogP contribution in [0, 0.1) is 17.8 Å². The van der Waals surface area contributed by atoms with E-state index in [9.17, 15) is 0 Å². The minimum Gasteiger partial charge on any atom is -0.313 e. The zero-order valence-electron chi connectivity index (χ0n) is 13.5. The third-order valence-electron chi connectivity index (χ3n) is 5.10. The predicted molar refractivity (Wildman–Crippen MR) is 83.4 cm³/mol. The molecule has 2 nitrogen and oxygen atoms in total. The average Bonchev–Trinajstić information content (AvgIpc) is 2.84. The van der Waals surface area contributed by atoms with Crippen molar-refractivity contribution >= 4 is 0 Å². The Balaban J connectivity index is 1.97. The summed E-state index contributed by atoms with van der Waals surface area (Å²) in [5.41, 5.74) is 0. The molecule has 4 atom stereocenters. The maximum Gasteiger partial charge on any atom is 0.0195 e. The standard InChI is InChI=1S/C17H34N2/c1-13(2)11-19(12-16-6-5-9-18-16)17-10-14(3)7-8-15(17)4/h13-18H,5-12H2,1-4H3. The van der Waals surface area contributed by atoms with E-state index < -0.39 is 0 Å². The van der Waals surface area contributed by atoms with E-state index in [0.29, 0.717) is 0 Å². The third-order valence-corrected chi connectivity index (χ3v) is 5.10. The Labute approximate surface area is 120 Å². The molecular weight excluding hydrogens is 232 g/mol. The normalized spacial score (nSPS) is 36.3. The first-order chi connectivity index (χ1) is 9.06. The fraction of sp³-hybridized carbons (Fsp3) is 1.00. The summed E-state index contributed by atoms with van der Waals surface area (Å²) in [6.45, 7) is 13.4. The molecule has 4 unspecified atom stereocenters. The smallest absolute Gasteiger partial charge is 0.0195 e. The molecule has 0 radical (unpaired) electrons. The van der Waals surface area contributed by atoms with E-state index >= 15 is 0 Å². The first-order valence-corrected chi connectivity index (χ1v) is 8.53. The van der Waals surface area contributed by atoms with Crippen LogP contribution < -0.4 is 5.32 Å². The van der Waals surface area contributed by atoms with Gasteiger partial charge < -0.3 is 5.32 Å². The van der Waals surface area contributed by atoms with Crippen molar-refractivity contribution in [2.45, 2.75) is 71.9 Å². The fourth-order valence-electron chi connectivity index (χ4n) is 4.02. The molecule has 0 bridgehead atoms. The Morgan fingerprint density at radius 2 is 1.95 bits per heavy atom. The minimum atomic E-state index is 0.753. The second kappa shape index (κ2) is 7.08. The Hall–Kier alpha value is -0.0800. The van der Waals surface area contributed by atoms with Gasteiger partial charge in [0.15, 0.2) is 0 Å². The predicted octanol–water partition coefficient (Wildman–Crippen LogP) is 3.52. The van der Waals surface area contributed by atoms with Gasteiger partial charge in [0.05, 0.1) is 0 Å². The van der Waals surface area contributed by atoms with Crippen molar-refractivity contribution in [3.63, 3.8) is 0 Å². The van der Waals surface area contributed by atoms with Crippen LogP contribution in [0.3, 0.4) is 0 Å². The maximum atomic E-state index is 3.68. The van der Waals surface area contributed by atoms with Gasteiger partial charge in [0.25, 0.3) is 0 Å². The van der Waals surface area contributed by atoms with Crippen molar-refractivity contribution in [2.75, 3.05) is 19.6 Å². The molecule has 0 aromatic rings. The molecule has 1 heterocycles. The lowest BCUT2D eigenvalue weighted by Gasteiger charge is -2.42. The lowest BCUT2D eigenvalue weighted by atomic mass is 9.79. The van der Waals surface area contributed by atoms with Gasteiger partial charge in [-0.1, -0.05) is 34.1 Å². The van der Waals surface area contributed by atoms with E-state index in [0.717, 1.165) is 29.8 Å². The Morgan fingerprint density at radius 3 is 2.58 bits per heavy atom. The number of hydrogen-bond acceptors (Lipinski definition) is 2. The van der Waals surface area contributed by atoms with Gasteiger partial charge in [0.2, 0.25) is 0 Å². The van der Waals surface area contributed by atoms with Crippen LogP contribution in [0.1, 0.15) is 59.8 Å². The van der Waals surface area contributed by atoms with Crippen molar-refractivity contribution in [3.8, 4) is 0 Å². The van der Waals surface area contributed by atoms with E-state index in [1.807, 2.05) is 0 Å². The summed E-state index contributed by atoms with van der Waals surface area (Å²) < 4.78 is 0. The molecule has 1 N–H and O–H groups in total. The van der Waals surface area contributed by atoms with Gasteiger partial charge in [-0.15, -0.1) is 0 Å². The molecule has 1 saturated carbocycles.